The van der Waals surface area contributed by atoms with Crippen LogP contribution in [-0.2, 0) is 0 Å². The molecule has 12 aromatic rings. The lowest BCUT2D eigenvalue weighted by Gasteiger charge is -2.28. The molecule has 0 spiro atoms. The van der Waals surface area contributed by atoms with Gasteiger partial charge in [-0.05, 0) is 88.8 Å². The summed E-state index contributed by atoms with van der Waals surface area (Å²) in [6, 6.07) is 67.3. The first kappa shape index (κ1) is 31.2. The van der Waals surface area contributed by atoms with Gasteiger partial charge in [0.05, 0.1) is 5.69 Å². The van der Waals surface area contributed by atoms with Crippen LogP contribution in [0, 0.1) is 0 Å². The third kappa shape index (κ3) is 4.76. The van der Waals surface area contributed by atoms with Gasteiger partial charge in [0.25, 0.3) is 0 Å². The van der Waals surface area contributed by atoms with Gasteiger partial charge in [0.15, 0.2) is 0 Å². The molecule has 0 N–H and O–H groups in total. The van der Waals surface area contributed by atoms with Crippen LogP contribution in [0.2, 0.25) is 0 Å². The highest BCUT2D eigenvalue weighted by atomic mass is 32.1. The Morgan fingerprint density at radius 1 is 0.375 bits per heavy atom. The molecule has 0 radical (unpaired) electrons. The third-order valence-electron chi connectivity index (χ3n) is 11.3. The summed E-state index contributed by atoms with van der Waals surface area (Å²) in [5.74, 6) is 0. The zero-order chi connectivity index (χ0) is 36.7. The van der Waals surface area contributed by atoms with Crippen molar-refractivity contribution in [3.63, 3.8) is 0 Å². The molecule has 0 aliphatic rings. The Balaban J connectivity index is 1.04. The van der Waals surface area contributed by atoms with Gasteiger partial charge in [-0.2, -0.15) is 0 Å². The molecule has 0 fully saturated rings. The van der Waals surface area contributed by atoms with Crippen LogP contribution >= 0.6 is 11.3 Å². The summed E-state index contributed by atoms with van der Waals surface area (Å²) in [7, 11) is 0. The maximum Gasteiger partial charge on any atom is 0.143 e. The Kier molecular flexibility index (Phi) is 6.80. The smallest absolute Gasteiger partial charge is 0.143 e. The molecule has 0 amide bonds. The molecule has 0 unspecified atom stereocenters. The molecule has 3 heterocycles. The lowest BCUT2D eigenvalue weighted by atomic mass is 9.98. The lowest BCUT2D eigenvalue weighted by Crippen LogP contribution is -2.11. The Bertz CT molecular complexity index is 3500. The fraction of sp³-hybridized carbons (Fsp3) is 0. The molecular formula is C52H31NO2S. The number of fused-ring (bicyclic) bond motifs is 11. The highest BCUT2D eigenvalue weighted by molar-refractivity contribution is 7.26. The molecule has 0 atom stereocenters. The Hall–Kier alpha value is -7.14. The van der Waals surface area contributed by atoms with Gasteiger partial charge in [0.2, 0.25) is 0 Å². The molecule has 9 aromatic carbocycles. The molecule has 0 aliphatic carbocycles. The summed E-state index contributed by atoms with van der Waals surface area (Å²) in [5, 5.41) is 9.34. The molecule has 12 rings (SSSR count). The van der Waals surface area contributed by atoms with E-state index in [9.17, 15) is 0 Å². The van der Waals surface area contributed by atoms with Crippen LogP contribution in [0.1, 0.15) is 0 Å². The number of hydrogen-bond donors (Lipinski definition) is 0. The normalized spacial score (nSPS) is 11.9. The number of hydrogen-bond acceptors (Lipinski definition) is 4. The zero-order valence-corrected chi connectivity index (χ0v) is 30.9. The minimum absolute atomic E-state index is 0.875. The molecule has 0 saturated heterocycles. The fourth-order valence-corrected chi connectivity index (χ4v) is 9.87. The van der Waals surface area contributed by atoms with E-state index in [-0.39, 0.29) is 0 Å². The van der Waals surface area contributed by atoms with Crippen molar-refractivity contribution in [1.29, 1.82) is 0 Å². The molecule has 262 valence electrons. The summed E-state index contributed by atoms with van der Waals surface area (Å²) in [6.07, 6.45) is 0. The monoisotopic (exact) mass is 733 g/mol. The number of anilines is 3. The summed E-state index contributed by atoms with van der Waals surface area (Å²) in [5.41, 5.74) is 11.5. The van der Waals surface area contributed by atoms with Crippen LogP contribution in [0.15, 0.2) is 197 Å². The average Bonchev–Trinajstić information content (AvgIpc) is 3.95. The van der Waals surface area contributed by atoms with E-state index >= 15 is 0 Å². The minimum atomic E-state index is 0.875. The quantitative estimate of drug-likeness (QED) is 0.176. The van der Waals surface area contributed by atoms with Crippen molar-refractivity contribution in [2.24, 2.45) is 0 Å². The van der Waals surface area contributed by atoms with E-state index in [2.05, 4.69) is 181 Å². The van der Waals surface area contributed by atoms with E-state index in [4.69, 9.17) is 8.83 Å². The van der Waals surface area contributed by atoms with Crippen LogP contribution in [0.5, 0.6) is 0 Å². The molecule has 4 heteroatoms. The van der Waals surface area contributed by atoms with Gasteiger partial charge in [0, 0.05) is 64.0 Å². The van der Waals surface area contributed by atoms with Crippen LogP contribution in [0.25, 0.3) is 97.1 Å². The molecular weight excluding hydrogens is 703 g/mol. The highest BCUT2D eigenvalue weighted by Crippen LogP contribution is 2.46. The van der Waals surface area contributed by atoms with Crippen molar-refractivity contribution in [3.8, 4) is 22.3 Å². The molecule has 0 bridgehead atoms. The van der Waals surface area contributed by atoms with Crippen LogP contribution in [0.4, 0.5) is 17.1 Å². The van der Waals surface area contributed by atoms with Crippen LogP contribution in [-0.4, -0.2) is 0 Å². The van der Waals surface area contributed by atoms with E-state index in [1.165, 1.54) is 36.7 Å². The van der Waals surface area contributed by atoms with Gasteiger partial charge >= 0.3 is 0 Å². The first-order chi connectivity index (χ1) is 27.7. The molecule has 3 aromatic heterocycles. The number of furan rings is 2. The first-order valence-electron chi connectivity index (χ1n) is 18.9. The average molecular weight is 734 g/mol. The van der Waals surface area contributed by atoms with Crippen LogP contribution < -0.4 is 4.90 Å². The SMILES string of the molecule is c1ccc(N(c2ccc(-c3cccc4c3sc3ccccc34)cc2)c2ccc3oc4ccccc4c3c2)c(-c2ccc3oc4c5ccccc5ccc4c3c2)c1. The largest absolute Gasteiger partial charge is 0.456 e. The van der Waals surface area contributed by atoms with Crippen molar-refractivity contribution < 1.29 is 8.83 Å². The maximum absolute atomic E-state index is 6.51. The second kappa shape index (κ2) is 12.2. The predicted molar refractivity (Wildman–Crippen MR) is 237 cm³/mol. The van der Waals surface area contributed by atoms with Gasteiger partial charge in [-0.25, -0.2) is 0 Å². The van der Waals surface area contributed by atoms with Gasteiger partial charge in [-0.1, -0.05) is 121 Å². The predicted octanol–water partition coefficient (Wildman–Crippen LogP) is 15.8. The number of thiophene rings is 1. The minimum Gasteiger partial charge on any atom is -0.456 e. The van der Waals surface area contributed by atoms with E-state index in [1.54, 1.807) is 0 Å². The van der Waals surface area contributed by atoms with Gasteiger partial charge in [0.1, 0.15) is 22.3 Å². The number of rotatable bonds is 5. The van der Waals surface area contributed by atoms with Crippen molar-refractivity contribution >= 4 is 103 Å². The maximum atomic E-state index is 6.51. The zero-order valence-electron chi connectivity index (χ0n) is 30.1. The highest BCUT2D eigenvalue weighted by Gasteiger charge is 2.21. The summed E-state index contributed by atoms with van der Waals surface area (Å²) < 4.78 is 15.4. The third-order valence-corrected chi connectivity index (χ3v) is 12.5. The van der Waals surface area contributed by atoms with E-state index < -0.39 is 0 Å². The van der Waals surface area contributed by atoms with Crippen molar-refractivity contribution in [1.82, 2.24) is 0 Å². The first-order valence-corrected chi connectivity index (χ1v) is 19.7. The Morgan fingerprint density at radius 3 is 1.96 bits per heavy atom. The van der Waals surface area contributed by atoms with E-state index in [1.807, 2.05) is 23.5 Å². The van der Waals surface area contributed by atoms with E-state index in [0.29, 0.717) is 0 Å². The summed E-state index contributed by atoms with van der Waals surface area (Å²) >= 11 is 1.87. The van der Waals surface area contributed by atoms with Crippen molar-refractivity contribution in [2.75, 3.05) is 4.90 Å². The van der Waals surface area contributed by atoms with Crippen LogP contribution in [0.3, 0.4) is 0 Å². The fourth-order valence-electron chi connectivity index (χ4n) is 8.63. The number of benzene rings is 9. The van der Waals surface area contributed by atoms with Crippen molar-refractivity contribution in [3.05, 3.63) is 188 Å². The lowest BCUT2D eigenvalue weighted by molar-refractivity contribution is 0.669. The number of para-hydroxylation sites is 2. The molecule has 0 saturated carbocycles. The number of nitrogens with zero attached hydrogens (tertiary/aromatic N) is 1. The molecule has 3 nitrogen and oxygen atoms in total. The second-order valence-electron chi connectivity index (χ2n) is 14.4. The molecule has 0 aliphatic heterocycles. The van der Waals surface area contributed by atoms with Gasteiger partial charge in [-0.15, -0.1) is 11.3 Å². The topological polar surface area (TPSA) is 29.5 Å². The van der Waals surface area contributed by atoms with Gasteiger partial charge in [-0.3, -0.25) is 0 Å². The molecule has 56 heavy (non-hydrogen) atoms. The Labute approximate surface area is 325 Å². The Morgan fingerprint density at radius 2 is 1.04 bits per heavy atom. The van der Waals surface area contributed by atoms with E-state index in [0.717, 1.165) is 77.5 Å². The standard InChI is InChI=1S/C52H31NO2S/c1-2-12-38-32(10-1)22-27-42-44-30-34(23-28-49(44)55-51(38)42)37-11-3-6-17-46(37)53(36-26-29-48-45(31-36)40-13-4-7-18-47(40)54-48)35-24-20-33(21-25-35)39-15-9-16-43-41-14-5-8-19-50(41)56-52(39)43/h1-31H. The summed E-state index contributed by atoms with van der Waals surface area (Å²) in [6.45, 7) is 0. The van der Waals surface area contributed by atoms with Gasteiger partial charge < -0.3 is 13.7 Å². The van der Waals surface area contributed by atoms with Crippen molar-refractivity contribution in [2.45, 2.75) is 0 Å². The second-order valence-corrected chi connectivity index (χ2v) is 15.5. The summed E-state index contributed by atoms with van der Waals surface area (Å²) in [4.78, 5) is 2.38.